The van der Waals surface area contributed by atoms with E-state index >= 15 is 9.00 Å². The van der Waals surface area contributed by atoms with E-state index in [2.05, 4.69) is 70.0 Å². The number of rotatable bonds is 19. The quantitative estimate of drug-likeness (QED) is 0.0558. The Hall–Kier alpha value is -8.79. The van der Waals surface area contributed by atoms with Gasteiger partial charge in [0.05, 0.1) is 60.1 Å². The van der Waals surface area contributed by atoms with Crippen LogP contribution in [0.1, 0.15) is 84.8 Å². The van der Waals surface area contributed by atoms with Crippen LogP contribution in [0.3, 0.4) is 0 Å². The summed E-state index contributed by atoms with van der Waals surface area (Å²) >= 11 is 1.49. The first-order chi connectivity index (χ1) is 45.5. The number of aromatic amines is 1. The number of aromatic nitrogens is 1. The Morgan fingerprint density at radius 1 is 0.771 bits per heavy atom. The number of H-pyrrole nitrogens is 1. The maximum absolute atomic E-state index is 15.0. The standard InChI is InChI=1S/C63H86N14O17S2/c1-9-31(4)53-59(90)66-25-49(83)69-43-29-96(94)62-39(38-12-10-11-13-40(38)72-62)21-41(56(87)65-26-50(84)74-53)70-61(92)54(32(5)45(80)28-78)75-58(89)44-20-37(79)27-77(44)63(93)42(71-57(43)88)22-48(82)64-24-35-14-16-36(17-15-35)68-55(86)33(6)67-60(91)52(30(2)3)73-47(81)18-19-76-34(7)46(95-8)23-51(76)85/h10-17,30-33,37,41-46,52-54,72,78-80H,7,9,18-29H2,1-6,8H3,(H,64,82)(H,65,87)(H,66,90)(H,67,91)(H,68,86)(H,69,83)(H,70,92)(H,71,88)(H,73,81)(H,74,84)(H,75,89)/t31-,32-,33-,37+,41+,42-,43-,44-,45-,46?,52?,53-,54-,96?/m0/s1. The van der Waals surface area contributed by atoms with E-state index in [0.29, 0.717) is 28.6 Å². The Bertz CT molecular complexity index is 3500. The number of nitrogens with zero attached hydrogens (tertiary/aromatic N) is 2. The van der Waals surface area contributed by atoms with Crippen molar-refractivity contribution in [1.82, 2.24) is 68.0 Å². The number of fused-ring (bicyclic) bond motifs is 5. The predicted octanol–water partition coefficient (Wildman–Crippen LogP) is -3.34. The molecule has 4 aliphatic rings. The van der Waals surface area contributed by atoms with Crippen molar-refractivity contribution in [2.24, 2.45) is 17.8 Å². The summed E-state index contributed by atoms with van der Waals surface area (Å²) < 4.78 is 15.0. The summed E-state index contributed by atoms with van der Waals surface area (Å²) in [7, 11) is -2.39. The Kier molecular flexibility index (Phi) is 26.2. The van der Waals surface area contributed by atoms with Gasteiger partial charge in [-0.25, -0.2) is 0 Å². The van der Waals surface area contributed by atoms with E-state index in [1.54, 1.807) is 64.1 Å². The van der Waals surface area contributed by atoms with Crippen LogP contribution in [-0.2, 0) is 86.1 Å². The first kappa shape index (κ1) is 74.6. The minimum atomic E-state index is -2.39. The van der Waals surface area contributed by atoms with Gasteiger partial charge in [-0.1, -0.05) is 78.0 Å². The van der Waals surface area contributed by atoms with Crippen molar-refractivity contribution in [3.63, 3.8) is 0 Å². The summed E-state index contributed by atoms with van der Waals surface area (Å²) in [4.78, 5) is 187. The van der Waals surface area contributed by atoms with Crippen molar-refractivity contribution in [2.75, 3.05) is 50.1 Å². The lowest BCUT2D eigenvalue weighted by Gasteiger charge is -2.33. The molecule has 1 aromatic heterocycles. The zero-order valence-corrected chi connectivity index (χ0v) is 56.0. The minimum absolute atomic E-state index is 0.0754. The van der Waals surface area contributed by atoms with Crippen molar-refractivity contribution in [3.05, 3.63) is 71.9 Å². The molecule has 5 heterocycles. The van der Waals surface area contributed by atoms with Crippen LogP contribution in [-0.4, -0.2) is 222 Å². The molecule has 96 heavy (non-hydrogen) atoms. The molecular formula is C63H86N14O17S2. The van der Waals surface area contributed by atoms with E-state index in [0.717, 1.165) is 4.90 Å². The Balaban J connectivity index is 1.14. The lowest BCUT2D eigenvalue weighted by molar-refractivity contribution is -0.144. The van der Waals surface area contributed by atoms with Crippen molar-refractivity contribution < 1.29 is 81.9 Å². The van der Waals surface area contributed by atoms with E-state index in [1.807, 2.05) is 6.26 Å². The van der Waals surface area contributed by atoms with E-state index in [9.17, 15) is 72.9 Å². The van der Waals surface area contributed by atoms with Crippen LogP contribution in [0, 0.1) is 17.8 Å². The van der Waals surface area contributed by atoms with E-state index in [4.69, 9.17) is 0 Å². The van der Waals surface area contributed by atoms with Gasteiger partial charge in [-0.2, -0.15) is 11.8 Å². The molecule has 15 N–H and O–H groups in total. The number of likely N-dealkylation sites (tertiary alicyclic amines) is 1. The number of aliphatic hydroxyl groups is 3. The number of carbonyl (C=O) groups is 13. The average molecular weight is 1380 g/mol. The van der Waals surface area contributed by atoms with Crippen LogP contribution in [0.25, 0.3) is 10.9 Å². The highest BCUT2D eigenvalue weighted by molar-refractivity contribution is 7.99. The second-order valence-corrected chi connectivity index (χ2v) is 27.2. The van der Waals surface area contributed by atoms with Gasteiger partial charge in [0, 0.05) is 73.5 Å². The van der Waals surface area contributed by atoms with Crippen LogP contribution in [0.4, 0.5) is 5.69 Å². The second-order valence-electron chi connectivity index (χ2n) is 24.7. The van der Waals surface area contributed by atoms with Gasteiger partial charge >= 0.3 is 0 Å². The fraction of sp³-hybridized carbons (Fsp3) is 0.540. The summed E-state index contributed by atoms with van der Waals surface area (Å²) in [5.74, 6) is -14.0. The first-order valence-electron chi connectivity index (χ1n) is 31.6. The number of amides is 13. The lowest BCUT2D eigenvalue weighted by Crippen LogP contribution is -2.62. The molecule has 33 heteroatoms. The number of benzene rings is 2. The van der Waals surface area contributed by atoms with Gasteiger partial charge in [-0.05, 0) is 54.3 Å². The molecule has 3 unspecified atom stereocenters. The molecule has 4 aliphatic heterocycles. The Morgan fingerprint density at radius 3 is 2.10 bits per heavy atom. The van der Waals surface area contributed by atoms with Crippen molar-refractivity contribution in [3.8, 4) is 0 Å². The van der Waals surface area contributed by atoms with Crippen LogP contribution in [0.5, 0.6) is 0 Å². The zero-order chi connectivity index (χ0) is 70.4. The third-order valence-electron chi connectivity index (χ3n) is 17.4. The molecule has 3 aromatic rings. The molecule has 0 aliphatic carbocycles. The maximum Gasteiger partial charge on any atom is 0.246 e. The number of hydrogen-bond donors (Lipinski definition) is 15. The highest BCUT2D eigenvalue weighted by atomic mass is 32.2. The summed E-state index contributed by atoms with van der Waals surface area (Å²) in [6, 6.07) is 0.237. The molecule has 0 spiro atoms. The summed E-state index contributed by atoms with van der Waals surface area (Å²) in [6.07, 6.45) is -2.52. The van der Waals surface area contributed by atoms with Crippen LogP contribution >= 0.6 is 11.8 Å². The molecule has 31 nitrogen and oxygen atoms in total. The number of carbonyl (C=O) groups excluding carboxylic acids is 13. The molecule has 0 radical (unpaired) electrons. The van der Waals surface area contributed by atoms with Gasteiger partial charge in [-0.3, -0.25) is 66.5 Å². The monoisotopic (exact) mass is 1370 g/mol. The normalized spacial score (nSPS) is 25.1. The third-order valence-corrected chi connectivity index (χ3v) is 19.8. The van der Waals surface area contributed by atoms with Crippen LogP contribution in [0.2, 0.25) is 0 Å². The molecule has 522 valence electrons. The number of nitrogens with one attached hydrogen (secondary N) is 12. The molecular weight excluding hydrogens is 1290 g/mol. The third kappa shape index (κ3) is 19.0. The molecule has 2 fully saturated rings. The van der Waals surface area contributed by atoms with Gasteiger partial charge in [0.15, 0.2) is 0 Å². The number of hydrogen-bond acceptors (Lipinski definition) is 18. The maximum atomic E-state index is 15.0. The number of anilines is 1. The van der Waals surface area contributed by atoms with Crippen molar-refractivity contribution in [2.45, 2.75) is 157 Å². The number of aliphatic hydroxyl groups excluding tert-OH is 3. The molecule has 14 atom stereocenters. The van der Waals surface area contributed by atoms with Crippen molar-refractivity contribution >= 4 is 116 Å². The summed E-state index contributed by atoms with van der Waals surface area (Å²) in [5.41, 5.74) is 1.86. The predicted molar refractivity (Wildman–Crippen MR) is 350 cm³/mol. The molecule has 7 rings (SSSR count). The molecule has 2 saturated heterocycles. The zero-order valence-electron chi connectivity index (χ0n) is 54.4. The van der Waals surface area contributed by atoms with Crippen molar-refractivity contribution in [1.29, 1.82) is 0 Å². The fourth-order valence-corrected chi connectivity index (χ4v) is 13.5. The second kappa shape index (κ2) is 33.7. The van der Waals surface area contributed by atoms with E-state index in [1.165, 1.54) is 42.6 Å². The highest BCUT2D eigenvalue weighted by Crippen LogP contribution is 2.31. The first-order valence-corrected chi connectivity index (χ1v) is 34.2. The van der Waals surface area contributed by atoms with Gasteiger partial charge in [0.25, 0.3) is 0 Å². The highest BCUT2D eigenvalue weighted by Gasteiger charge is 2.46. The van der Waals surface area contributed by atoms with Gasteiger partial charge in [0.1, 0.15) is 53.4 Å². The summed E-state index contributed by atoms with van der Waals surface area (Å²) in [5, 5.41) is 60.6. The molecule has 2 aromatic carbocycles. The van der Waals surface area contributed by atoms with Crippen LogP contribution < -0.4 is 58.5 Å². The summed E-state index contributed by atoms with van der Waals surface area (Å²) in [6.45, 7) is 10.4. The molecule has 13 amide bonds. The van der Waals surface area contributed by atoms with Gasteiger partial charge in [0.2, 0.25) is 76.8 Å². The largest absolute Gasteiger partial charge is 0.394 e. The minimum Gasteiger partial charge on any atom is -0.394 e. The van der Waals surface area contributed by atoms with Gasteiger partial charge in [-0.15, -0.1) is 0 Å². The van der Waals surface area contributed by atoms with E-state index < -0.39 is 205 Å². The van der Waals surface area contributed by atoms with Gasteiger partial charge < -0.3 is 88.6 Å². The Labute approximate surface area is 560 Å². The number of para-hydroxylation sites is 1. The molecule has 2 bridgehead atoms. The lowest BCUT2D eigenvalue weighted by atomic mass is 9.93. The Morgan fingerprint density at radius 2 is 1.45 bits per heavy atom. The average Bonchev–Trinajstić information content (AvgIpc) is 1.64. The number of thioether (sulfide) groups is 1. The topological polar surface area (TPSA) is 454 Å². The molecule has 0 saturated carbocycles. The SMILES string of the molecule is C=C1C(SC)CC(=O)N1CCC(=O)NC(C(=O)N[C@@H](C)C(=O)Nc1ccc(CNC(=O)C[C@@H]2NC(=O)[C@@H]3CS(=O)c4[nH]c5ccccc5c4C[C@@H](NC(=O)[C@H]([C@@H](C)[C@@H](O)CO)NC(=O)[C@@H]4C[C@@H](O)CN4C2=O)C(=O)NCC(=O)N[C@@H]([C@@H](C)CC)C(=O)NCC(=O)N3)cc1)C(C)C. The fourth-order valence-electron chi connectivity index (χ4n) is 11.4. The van der Waals surface area contributed by atoms with Crippen LogP contribution in [0.15, 0.2) is 65.8 Å². The van der Waals surface area contributed by atoms with E-state index in [-0.39, 0.29) is 59.3 Å². The smallest absolute Gasteiger partial charge is 0.246 e.